The molecule has 0 radical (unpaired) electrons. The van der Waals surface area contributed by atoms with Gasteiger partial charge in [-0.2, -0.15) is 11.8 Å². The van der Waals surface area contributed by atoms with E-state index in [1.807, 2.05) is 6.92 Å². The second-order valence-electron chi connectivity index (χ2n) is 5.70. The first kappa shape index (κ1) is 15.1. The highest BCUT2D eigenvalue weighted by atomic mass is 32.2. The van der Waals surface area contributed by atoms with Gasteiger partial charge in [-0.05, 0) is 26.3 Å². The van der Waals surface area contributed by atoms with Crippen molar-refractivity contribution in [3.8, 4) is 0 Å². The van der Waals surface area contributed by atoms with Crippen LogP contribution < -0.4 is 5.32 Å². The van der Waals surface area contributed by atoms with E-state index in [9.17, 15) is 13.2 Å². The molecule has 19 heavy (non-hydrogen) atoms. The third-order valence-electron chi connectivity index (χ3n) is 3.95. The molecule has 0 spiro atoms. The van der Waals surface area contributed by atoms with Crippen molar-refractivity contribution in [1.29, 1.82) is 0 Å². The molecule has 0 aliphatic carbocycles. The molecule has 2 heterocycles. The third-order valence-corrected chi connectivity index (χ3v) is 6.60. The largest absolute Gasteiger partial charge is 0.323 e. The molecule has 0 saturated carbocycles. The lowest BCUT2D eigenvalue weighted by atomic mass is 9.81. The predicted octanol–water partition coefficient (Wildman–Crippen LogP) is 0.322. The Balaban J connectivity index is 2.20. The van der Waals surface area contributed by atoms with Gasteiger partial charge in [0.25, 0.3) is 0 Å². The molecule has 7 heteroatoms. The summed E-state index contributed by atoms with van der Waals surface area (Å²) in [7, 11) is -3.22. The number of sulfone groups is 1. The monoisotopic (exact) mass is 306 g/mol. The van der Waals surface area contributed by atoms with E-state index >= 15 is 0 Å². The maximum absolute atomic E-state index is 12.7. The van der Waals surface area contributed by atoms with Crippen molar-refractivity contribution >= 4 is 27.5 Å². The maximum Gasteiger partial charge on any atom is 0.230 e. The van der Waals surface area contributed by atoms with Crippen molar-refractivity contribution in [3.63, 3.8) is 0 Å². The maximum atomic E-state index is 12.7. The minimum atomic E-state index is -3.22. The lowest BCUT2D eigenvalue weighted by Crippen LogP contribution is -2.57. The topological polar surface area (TPSA) is 66.5 Å². The normalized spacial score (nSPS) is 33.2. The SMILES string of the molecule is CC1(C(=O)N2CCSCC2S(C)(=O)=O)CCCNC1. The van der Waals surface area contributed by atoms with Crippen LogP contribution in [-0.2, 0) is 14.6 Å². The van der Waals surface area contributed by atoms with Gasteiger partial charge in [-0.15, -0.1) is 0 Å². The molecular weight excluding hydrogens is 284 g/mol. The first-order valence-electron chi connectivity index (χ1n) is 6.63. The summed E-state index contributed by atoms with van der Waals surface area (Å²) in [6.07, 6.45) is 3.03. The highest BCUT2D eigenvalue weighted by Gasteiger charge is 2.43. The Labute approximate surface area is 119 Å². The van der Waals surface area contributed by atoms with Crippen LogP contribution in [0, 0.1) is 5.41 Å². The first-order chi connectivity index (χ1) is 8.84. The average molecular weight is 306 g/mol. The van der Waals surface area contributed by atoms with Crippen molar-refractivity contribution in [2.24, 2.45) is 5.41 Å². The van der Waals surface area contributed by atoms with Crippen LogP contribution in [0.3, 0.4) is 0 Å². The molecule has 2 atom stereocenters. The van der Waals surface area contributed by atoms with Crippen LogP contribution in [0.4, 0.5) is 0 Å². The average Bonchev–Trinajstić information content (AvgIpc) is 2.38. The van der Waals surface area contributed by atoms with Crippen LogP contribution in [0.1, 0.15) is 19.8 Å². The molecule has 1 amide bonds. The van der Waals surface area contributed by atoms with Gasteiger partial charge in [0.05, 0.1) is 5.41 Å². The fraction of sp³-hybridized carbons (Fsp3) is 0.917. The second-order valence-corrected chi connectivity index (χ2v) is 9.05. The zero-order valence-electron chi connectivity index (χ0n) is 11.5. The number of carbonyl (C=O) groups excluding carboxylic acids is 1. The first-order valence-corrected chi connectivity index (χ1v) is 9.74. The number of piperidine rings is 1. The van der Waals surface area contributed by atoms with Crippen LogP contribution >= 0.6 is 11.8 Å². The Bertz CT molecular complexity index is 444. The van der Waals surface area contributed by atoms with Gasteiger partial charge in [0.15, 0.2) is 9.84 Å². The van der Waals surface area contributed by atoms with Gasteiger partial charge >= 0.3 is 0 Å². The number of rotatable bonds is 2. The summed E-state index contributed by atoms with van der Waals surface area (Å²) >= 11 is 1.61. The van der Waals surface area contributed by atoms with E-state index in [4.69, 9.17) is 0 Å². The smallest absolute Gasteiger partial charge is 0.230 e. The number of thioether (sulfide) groups is 1. The second kappa shape index (κ2) is 5.61. The fourth-order valence-corrected chi connectivity index (χ4v) is 5.57. The van der Waals surface area contributed by atoms with E-state index in [0.717, 1.165) is 25.1 Å². The molecule has 2 aliphatic heterocycles. The number of hydrogen-bond donors (Lipinski definition) is 1. The lowest BCUT2D eigenvalue weighted by molar-refractivity contribution is -0.142. The summed E-state index contributed by atoms with van der Waals surface area (Å²) < 4.78 is 23.7. The molecule has 2 fully saturated rings. The molecule has 2 unspecified atom stereocenters. The van der Waals surface area contributed by atoms with Crippen LogP contribution in [-0.4, -0.2) is 62.0 Å². The zero-order valence-corrected chi connectivity index (χ0v) is 13.1. The van der Waals surface area contributed by atoms with Crippen molar-refractivity contribution in [3.05, 3.63) is 0 Å². The molecule has 2 aliphatic rings. The standard InChI is InChI=1S/C12H22N2O3S2/c1-12(4-3-5-13-9-12)11(15)14-6-7-18-8-10(14)19(2,16)17/h10,13H,3-9H2,1-2H3. The van der Waals surface area contributed by atoms with Gasteiger partial charge in [-0.3, -0.25) is 4.79 Å². The van der Waals surface area contributed by atoms with E-state index in [1.54, 1.807) is 16.7 Å². The van der Waals surface area contributed by atoms with E-state index < -0.39 is 20.6 Å². The third kappa shape index (κ3) is 3.25. The Kier molecular flexibility index (Phi) is 4.47. The molecule has 110 valence electrons. The van der Waals surface area contributed by atoms with Crippen molar-refractivity contribution in [1.82, 2.24) is 10.2 Å². The molecule has 0 aromatic heterocycles. The summed E-state index contributed by atoms with van der Waals surface area (Å²) in [6, 6.07) is 0. The van der Waals surface area contributed by atoms with Crippen LogP contribution in [0.25, 0.3) is 0 Å². The molecule has 2 saturated heterocycles. The Morgan fingerprint density at radius 1 is 1.47 bits per heavy atom. The molecule has 0 bridgehead atoms. The Hall–Kier alpha value is -0.270. The minimum Gasteiger partial charge on any atom is -0.323 e. The number of nitrogens with one attached hydrogen (secondary N) is 1. The van der Waals surface area contributed by atoms with E-state index in [0.29, 0.717) is 18.8 Å². The summed E-state index contributed by atoms with van der Waals surface area (Å²) in [5, 5.41) is 2.59. The predicted molar refractivity (Wildman–Crippen MR) is 77.9 cm³/mol. The number of nitrogens with zero attached hydrogens (tertiary/aromatic N) is 1. The van der Waals surface area contributed by atoms with E-state index in [-0.39, 0.29) is 5.91 Å². The Morgan fingerprint density at radius 2 is 2.21 bits per heavy atom. The van der Waals surface area contributed by atoms with Gasteiger partial charge in [0.2, 0.25) is 5.91 Å². The van der Waals surface area contributed by atoms with Crippen molar-refractivity contribution in [2.45, 2.75) is 25.1 Å². The number of carbonyl (C=O) groups is 1. The Morgan fingerprint density at radius 3 is 2.79 bits per heavy atom. The van der Waals surface area contributed by atoms with Gasteiger partial charge < -0.3 is 10.2 Å². The van der Waals surface area contributed by atoms with Crippen molar-refractivity contribution in [2.75, 3.05) is 37.4 Å². The highest BCUT2D eigenvalue weighted by molar-refractivity contribution is 8.00. The summed E-state index contributed by atoms with van der Waals surface area (Å²) in [4.78, 5) is 14.3. The summed E-state index contributed by atoms with van der Waals surface area (Å²) in [5.41, 5.74) is -0.455. The van der Waals surface area contributed by atoms with E-state index in [1.165, 1.54) is 6.26 Å². The molecule has 5 nitrogen and oxygen atoms in total. The van der Waals surface area contributed by atoms with Crippen LogP contribution in [0.5, 0.6) is 0 Å². The van der Waals surface area contributed by atoms with Gasteiger partial charge in [-0.25, -0.2) is 8.42 Å². The molecule has 1 N–H and O–H groups in total. The van der Waals surface area contributed by atoms with Crippen molar-refractivity contribution < 1.29 is 13.2 Å². The quantitative estimate of drug-likeness (QED) is 0.796. The molecule has 0 aromatic rings. The summed E-state index contributed by atoms with van der Waals surface area (Å²) in [5.74, 6) is 1.31. The van der Waals surface area contributed by atoms with E-state index in [2.05, 4.69) is 5.32 Å². The lowest BCUT2D eigenvalue weighted by Gasteiger charge is -2.41. The number of hydrogen-bond acceptors (Lipinski definition) is 5. The molecule has 0 aromatic carbocycles. The number of amides is 1. The van der Waals surface area contributed by atoms with Crippen LogP contribution in [0.2, 0.25) is 0 Å². The summed E-state index contributed by atoms with van der Waals surface area (Å²) in [6.45, 7) is 4.07. The minimum absolute atomic E-state index is 0.00424. The molecule has 2 rings (SSSR count). The van der Waals surface area contributed by atoms with Crippen LogP contribution in [0.15, 0.2) is 0 Å². The molecular formula is C12H22N2O3S2. The highest BCUT2D eigenvalue weighted by Crippen LogP contribution is 2.31. The van der Waals surface area contributed by atoms with Gasteiger partial charge in [-0.1, -0.05) is 0 Å². The fourth-order valence-electron chi connectivity index (χ4n) is 2.75. The van der Waals surface area contributed by atoms with Gasteiger partial charge in [0, 0.05) is 30.9 Å². The van der Waals surface area contributed by atoms with Gasteiger partial charge in [0.1, 0.15) is 5.37 Å². The zero-order chi connectivity index (χ0) is 14.1.